The molecule has 1 fully saturated rings. The largest absolute Gasteiger partial charge is 0.469 e. The summed E-state index contributed by atoms with van der Waals surface area (Å²) in [5, 5.41) is 9.10. The van der Waals surface area contributed by atoms with Crippen molar-refractivity contribution < 1.29 is 28.7 Å². The molecule has 0 aromatic heterocycles. The minimum atomic E-state index is -4.45. The van der Waals surface area contributed by atoms with Gasteiger partial charge in [-0.1, -0.05) is 0 Å². The topological polar surface area (TPSA) is 96.2 Å². The molecule has 0 aromatic carbocycles. The molecular formula is C5H10O6P. The van der Waals surface area contributed by atoms with E-state index in [2.05, 4.69) is 4.52 Å². The Bertz CT molecular complexity index is 188. The van der Waals surface area contributed by atoms with E-state index in [1.807, 2.05) is 0 Å². The summed E-state index contributed by atoms with van der Waals surface area (Å²) in [5.41, 5.74) is 0. The zero-order valence-electron chi connectivity index (χ0n) is 6.16. The number of hydrogen-bond donors (Lipinski definition) is 3. The molecule has 6 nitrogen and oxygen atoms in total. The van der Waals surface area contributed by atoms with Crippen LogP contribution in [0.1, 0.15) is 6.42 Å². The highest BCUT2D eigenvalue weighted by Crippen LogP contribution is 2.36. The van der Waals surface area contributed by atoms with Gasteiger partial charge in [-0.15, -0.1) is 0 Å². The number of aliphatic hydroxyl groups is 1. The molecular weight excluding hydrogens is 187 g/mol. The van der Waals surface area contributed by atoms with Gasteiger partial charge in [0, 0.05) is 6.42 Å². The number of ether oxygens (including phenoxy) is 1. The molecule has 1 aliphatic heterocycles. The Hall–Kier alpha value is 0.0300. The second-order valence-electron chi connectivity index (χ2n) is 2.43. The van der Waals surface area contributed by atoms with Gasteiger partial charge >= 0.3 is 7.82 Å². The van der Waals surface area contributed by atoms with Crippen molar-refractivity contribution in [1.82, 2.24) is 0 Å². The maximum absolute atomic E-state index is 10.2. The SMILES string of the molecule is O=P(O)(O)OC[C@H]1O[CH]C[C@@H]1O. The molecule has 1 rings (SSSR count). The number of phosphoric ester groups is 1. The average Bonchev–Trinajstić information content (AvgIpc) is 2.29. The van der Waals surface area contributed by atoms with Crippen molar-refractivity contribution in [3.05, 3.63) is 6.61 Å². The van der Waals surface area contributed by atoms with Crippen LogP contribution in [0.3, 0.4) is 0 Å². The fourth-order valence-corrected chi connectivity index (χ4v) is 1.18. The molecule has 0 unspecified atom stereocenters. The lowest BCUT2D eigenvalue weighted by atomic mass is 10.2. The van der Waals surface area contributed by atoms with Gasteiger partial charge in [-0.2, -0.15) is 0 Å². The van der Waals surface area contributed by atoms with E-state index in [0.29, 0.717) is 6.42 Å². The van der Waals surface area contributed by atoms with E-state index in [1.54, 1.807) is 0 Å². The van der Waals surface area contributed by atoms with E-state index >= 15 is 0 Å². The zero-order chi connectivity index (χ0) is 9.19. The lowest BCUT2D eigenvalue weighted by Crippen LogP contribution is -2.25. The Morgan fingerprint density at radius 1 is 1.67 bits per heavy atom. The van der Waals surface area contributed by atoms with Crippen molar-refractivity contribution in [2.45, 2.75) is 18.6 Å². The average molecular weight is 197 g/mol. The molecule has 0 saturated carbocycles. The van der Waals surface area contributed by atoms with Crippen LogP contribution in [-0.4, -0.2) is 33.7 Å². The van der Waals surface area contributed by atoms with Crippen LogP contribution >= 0.6 is 7.82 Å². The van der Waals surface area contributed by atoms with Crippen LogP contribution in [0.15, 0.2) is 0 Å². The Balaban J connectivity index is 2.27. The Morgan fingerprint density at radius 3 is 2.75 bits per heavy atom. The van der Waals surface area contributed by atoms with Crippen LogP contribution < -0.4 is 0 Å². The Morgan fingerprint density at radius 2 is 2.33 bits per heavy atom. The molecule has 12 heavy (non-hydrogen) atoms. The summed E-state index contributed by atoms with van der Waals surface area (Å²) in [4.78, 5) is 16.6. The molecule has 1 aliphatic rings. The highest BCUT2D eigenvalue weighted by Gasteiger charge is 2.29. The Labute approximate surface area is 69.4 Å². The maximum Gasteiger partial charge on any atom is 0.469 e. The normalized spacial score (nSPS) is 30.9. The number of rotatable bonds is 3. The minimum Gasteiger partial charge on any atom is -0.390 e. The van der Waals surface area contributed by atoms with Crippen molar-refractivity contribution in [3.63, 3.8) is 0 Å². The van der Waals surface area contributed by atoms with E-state index in [0.717, 1.165) is 0 Å². The van der Waals surface area contributed by atoms with Crippen LogP contribution in [0.5, 0.6) is 0 Å². The van der Waals surface area contributed by atoms with Gasteiger partial charge in [0.05, 0.1) is 19.3 Å². The zero-order valence-corrected chi connectivity index (χ0v) is 7.05. The first kappa shape index (κ1) is 10.1. The summed E-state index contributed by atoms with van der Waals surface area (Å²) in [6.45, 7) is 1.08. The van der Waals surface area contributed by atoms with Gasteiger partial charge in [-0.25, -0.2) is 4.57 Å². The van der Waals surface area contributed by atoms with Crippen LogP contribution in [-0.2, 0) is 13.8 Å². The molecule has 1 heterocycles. The first-order valence-corrected chi connectivity index (χ1v) is 4.87. The molecule has 1 radical (unpaired) electrons. The maximum atomic E-state index is 10.2. The van der Waals surface area contributed by atoms with E-state index in [9.17, 15) is 4.57 Å². The number of hydrogen-bond acceptors (Lipinski definition) is 4. The summed E-state index contributed by atoms with van der Waals surface area (Å²) in [7, 11) is -4.45. The second-order valence-corrected chi connectivity index (χ2v) is 3.67. The number of phosphoric acid groups is 1. The summed E-state index contributed by atoms with van der Waals surface area (Å²) >= 11 is 0. The second kappa shape index (κ2) is 3.83. The fraction of sp³-hybridized carbons (Fsp3) is 0.800. The first-order chi connectivity index (χ1) is 5.49. The van der Waals surface area contributed by atoms with Crippen LogP contribution in [0, 0.1) is 6.61 Å². The van der Waals surface area contributed by atoms with Gasteiger partial charge in [0.15, 0.2) is 0 Å². The minimum absolute atomic E-state index is 0.304. The fourth-order valence-electron chi connectivity index (χ4n) is 0.841. The molecule has 0 bridgehead atoms. The summed E-state index contributed by atoms with van der Waals surface area (Å²) in [6.07, 6.45) is -1.05. The quantitative estimate of drug-likeness (QED) is 0.523. The molecule has 71 valence electrons. The van der Waals surface area contributed by atoms with Gasteiger partial charge in [-0.3, -0.25) is 4.52 Å². The lowest BCUT2D eigenvalue weighted by molar-refractivity contribution is 0.0159. The van der Waals surface area contributed by atoms with Gasteiger partial charge in [-0.05, 0) is 0 Å². The summed E-state index contributed by atoms with van der Waals surface area (Å²) in [5.74, 6) is 0. The molecule has 0 amide bonds. The number of aliphatic hydroxyl groups excluding tert-OH is 1. The van der Waals surface area contributed by atoms with Crippen molar-refractivity contribution in [2.75, 3.05) is 6.61 Å². The van der Waals surface area contributed by atoms with Crippen molar-refractivity contribution in [1.29, 1.82) is 0 Å². The van der Waals surface area contributed by atoms with Crippen LogP contribution in [0.25, 0.3) is 0 Å². The lowest BCUT2D eigenvalue weighted by Gasteiger charge is -2.13. The third kappa shape index (κ3) is 3.18. The van der Waals surface area contributed by atoms with E-state index in [4.69, 9.17) is 19.6 Å². The molecule has 0 aliphatic carbocycles. The van der Waals surface area contributed by atoms with Gasteiger partial charge in [0.1, 0.15) is 6.10 Å². The van der Waals surface area contributed by atoms with Crippen LogP contribution in [0.2, 0.25) is 0 Å². The summed E-state index contributed by atoms with van der Waals surface area (Å²) < 4.78 is 19.2. The molecule has 3 N–H and O–H groups in total. The highest BCUT2D eigenvalue weighted by atomic mass is 31.2. The van der Waals surface area contributed by atoms with Gasteiger partial charge in [0.2, 0.25) is 0 Å². The third-order valence-electron chi connectivity index (χ3n) is 1.44. The monoisotopic (exact) mass is 197 g/mol. The predicted molar refractivity (Wildman–Crippen MR) is 37.8 cm³/mol. The highest BCUT2D eigenvalue weighted by molar-refractivity contribution is 7.46. The first-order valence-electron chi connectivity index (χ1n) is 3.34. The smallest absolute Gasteiger partial charge is 0.390 e. The molecule has 7 heteroatoms. The Kier molecular flexibility index (Phi) is 3.22. The van der Waals surface area contributed by atoms with Crippen molar-refractivity contribution >= 4 is 7.82 Å². The summed E-state index contributed by atoms with van der Waals surface area (Å²) in [6, 6.07) is 0. The standard InChI is InChI=1S/C5H10O6P/c6-4-1-2-10-5(4)3-11-12(7,8)9/h2,4-6H,1,3H2,(H2,7,8,9)/t4-,5+/m0/s1. The van der Waals surface area contributed by atoms with Crippen molar-refractivity contribution in [3.8, 4) is 0 Å². The van der Waals surface area contributed by atoms with Crippen molar-refractivity contribution in [2.24, 2.45) is 0 Å². The molecule has 0 aromatic rings. The van der Waals surface area contributed by atoms with Crippen LogP contribution in [0.4, 0.5) is 0 Å². The van der Waals surface area contributed by atoms with Gasteiger partial charge < -0.3 is 19.6 Å². The van der Waals surface area contributed by atoms with Gasteiger partial charge in [0.25, 0.3) is 0 Å². The third-order valence-corrected chi connectivity index (χ3v) is 1.93. The van der Waals surface area contributed by atoms with E-state index in [1.165, 1.54) is 6.61 Å². The predicted octanol–water partition coefficient (Wildman–Crippen LogP) is -0.593. The molecule has 2 atom stereocenters. The molecule has 0 spiro atoms. The van der Waals surface area contributed by atoms with E-state index < -0.39 is 20.0 Å². The molecule has 1 saturated heterocycles. The van der Waals surface area contributed by atoms with E-state index in [-0.39, 0.29) is 6.61 Å².